The molecule has 1 N–H and O–H groups in total. The van der Waals surface area contributed by atoms with Crippen molar-refractivity contribution in [2.45, 2.75) is 58.2 Å². The second-order valence-corrected chi connectivity index (χ2v) is 6.83. The average Bonchev–Trinajstić information content (AvgIpc) is 2.72. The minimum absolute atomic E-state index is 0.0809. The monoisotopic (exact) mass is 275 g/mol. The molecule has 2 nitrogen and oxygen atoms in total. The van der Waals surface area contributed by atoms with Crippen LogP contribution in [0.4, 0.5) is 0 Å². The van der Waals surface area contributed by atoms with Gasteiger partial charge in [0, 0.05) is 0 Å². The summed E-state index contributed by atoms with van der Waals surface area (Å²) in [6.07, 6.45) is 5.15. The van der Waals surface area contributed by atoms with Crippen LogP contribution < -0.4 is 5.32 Å². The maximum atomic E-state index is 6.17. The Morgan fingerprint density at radius 3 is 2.70 bits per heavy atom. The molecule has 1 aromatic carbocycles. The fourth-order valence-corrected chi connectivity index (χ4v) is 3.29. The molecular formula is C18H29NO. The lowest BCUT2D eigenvalue weighted by atomic mass is 9.90. The van der Waals surface area contributed by atoms with Gasteiger partial charge in [-0.2, -0.15) is 0 Å². The van der Waals surface area contributed by atoms with Crippen molar-refractivity contribution in [1.29, 1.82) is 0 Å². The van der Waals surface area contributed by atoms with E-state index in [2.05, 4.69) is 50.4 Å². The van der Waals surface area contributed by atoms with Crippen molar-refractivity contribution in [2.24, 2.45) is 5.92 Å². The van der Waals surface area contributed by atoms with Crippen LogP contribution in [0.15, 0.2) is 24.3 Å². The molecule has 0 saturated carbocycles. The van der Waals surface area contributed by atoms with Crippen LogP contribution >= 0.6 is 0 Å². The van der Waals surface area contributed by atoms with Gasteiger partial charge in [0.15, 0.2) is 0 Å². The van der Waals surface area contributed by atoms with Crippen LogP contribution in [-0.4, -0.2) is 25.3 Å². The summed E-state index contributed by atoms with van der Waals surface area (Å²) in [5.74, 6) is 0.653. The molecule has 0 amide bonds. The van der Waals surface area contributed by atoms with Gasteiger partial charge in [-0.05, 0) is 77.1 Å². The summed E-state index contributed by atoms with van der Waals surface area (Å²) in [7, 11) is 2.05. The summed E-state index contributed by atoms with van der Waals surface area (Å²) in [5.41, 5.74) is 2.96. The molecule has 0 bridgehead atoms. The van der Waals surface area contributed by atoms with Gasteiger partial charge in [-0.15, -0.1) is 0 Å². The Morgan fingerprint density at radius 2 is 2.10 bits per heavy atom. The molecule has 0 radical (unpaired) electrons. The van der Waals surface area contributed by atoms with E-state index in [4.69, 9.17) is 4.74 Å². The Balaban J connectivity index is 1.96. The molecule has 2 rings (SSSR count). The standard InChI is InChI=1S/C18H29NO/c1-14-7-5-6-8-16(14)11-15(13-19-4)12-17-9-10-18(2,3)20-17/h5-8,15,17,19H,9-13H2,1-4H3. The highest BCUT2D eigenvalue weighted by Gasteiger charge is 2.32. The van der Waals surface area contributed by atoms with Crippen molar-refractivity contribution < 1.29 is 4.74 Å². The van der Waals surface area contributed by atoms with Crippen LogP contribution in [-0.2, 0) is 11.2 Å². The maximum Gasteiger partial charge on any atom is 0.0631 e. The molecule has 2 heteroatoms. The molecule has 2 unspecified atom stereocenters. The summed E-state index contributed by atoms with van der Waals surface area (Å²) >= 11 is 0. The number of hydrogen-bond donors (Lipinski definition) is 1. The largest absolute Gasteiger partial charge is 0.372 e. The Morgan fingerprint density at radius 1 is 1.35 bits per heavy atom. The van der Waals surface area contributed by atoms with E-state index in [0.29, 0.717) is 12.0 Å². The lowest BCUT2D eigenvalue weighted by Gasteiger charge is -2.24. The maximum absolute atomic E-state index is 6.17. The normalized spacial score (nSPS) is 22.9. The predicted octanol–water partition coefficient (Wildman–Crippen LogP) is 3.72. The van der Waals surface area contributed by atoms with Gasteiger partial charge in [0.2, 0.25) is 0 Å². The van der Waals surface area contributed by atoms with Gasteiger partial charge >= 0.3 is 0 Å². The minimum atomic E-state index is 0.0809. The third-order valence-electron chi connectivity index (χ3n) is 4.41. The van der Waals surface area contributed by atoms with Crippen LogP contribution in [0.25, 0.3) is 0 Å². The van der Waals surface area contributed by atoms with Crippen molar-refractivity contribution >= 4 is 0 Å². The van der Waals surface area contributed by atoms with Gasteiger partial charge in [-0.3, -0.25) is 0 Å². The Labute approximate surface area is 123 Å². The Kier molecular flexibility index (Phi) is 5.22. The van der Waals surface area contributed by atoms with Gasteiger partial charge in [-0.25, -0.2) is 0 Å². The number of nitrogens with one attached hydrogen (secondary N) is 1. The summed E-state index contributed by atoms with van der Waals surface area (Å²) < 4.78 is 6.17. The van der Waals surface area contributed by atoms with Crippen LogP contribution in [0, 0.1) is 12.8 Å². The second-order valence-electron chi connectivity index (χ2n) is 6.83. The van der Waals surface area contributed by atoms with E-state index in [1.807, 2.05) is 7.05 Å². The van der Waals surface area contributed by atoms with Gasteiger partial charge < -0.3 is 10.1 Å². The summed E-state index contributed by atoms with van der Waals surface area (Å²) in [5, 5.41) is 3.35. The van der Waals surface area contributed by atoms with Crippen molar-refractivity contribution in [2.75, 3.05) is 13.6 Å². The molecule has 1 fully saturated rings. The molecule has 1 heterocycles. The highest BCUT2D eigenvalue weighted by molar-refractivity contribution is 5.26. The topological polar surface area (TPSA) is 21.3 Å². The Hall–Kier alpha value is -0.860. The first-order valence-electron chi connectivity index (χ1n) is 7.87. The lowest BCUT2D eigenvalue weighted by molar-refractivity contribution is -0.0244. The van der Waals surface area contributed by atoms with E-state index >= 15 is 0 Å². The fourth-order valence-electron chi connectivity index (χ4n) is 3.29. The first kappa shape index (κ1) is 15.5. The van der Waals surface area contributed by atoms with E-state index < -0.39 is 0 Å². The fraction of sp³-hybridized carbons (Fsp3) is 0.667. The molecule has 1 aromatic rings. The van der Waals surface area contributed by atoms with E-state index in [1.54, 1.807) is 0 Å². The number of ether oxygens (including phenoxy) is 1. The molecule has 112 valence electrons. The molecule has 0 spiro atoms. The van der Waals surface area contributed by atoms with Gasteiger partial charge in [0.1, 0.15) is 0 Å². The zero-order valence-electron chi connectivity index (χ0n) is 13.4. The van der Waals surface area contributed by atoms with Crippen LogP contribution in [0.1, 0.15) is 44.2 Å². The molecule has 1 saturated heterocycles. The lowest BCUT2D eigenvalue weighted by Crippen LogP contribution is -2.27. The smallest absolute Gasteiger partial charge is 0.0631 e. The SMILES string of the molecule is CNCC(Cc1ccccc1C)CC1CCC(C)(C)O1. The third-order valence-corrected chi connectivity index (χ3v) is 4.41. The molecular weight excluding hydrogens is 246 g/mol. The van der Waals surface area contributed by atoms with E-state index in [0.717, 1.165) is 13.0 Å². The highest BCUT2D eigenvalue weighted by atomic mass is 16.5. The van der Waals surface area contributed by atoms with Crippen LogP contribution in [0.3, 0.4) is 0 Å². The number of aryl methyl sites for hydroxylation is 1. The van der Waals surface area contributed by atoms with E-state index in [-0.39, 0.29) is 5.60 Å². The van der Waals surface area contributed by atoms with Crippen LogP contribution in [0.2, 0.25) is 0 Å². The Bertz CT molecular complexity index is 427. The number of hydrogen-bond acceptors (Lipinski definition) is 2. The van der Waals surface area contributed by atoms with E-state index in [9.17, 15) is 0 Å². The first-order valence-corrected chi connectivity index (χ1v) is 7.87. The van der Waals surface area contributed by atoms with Crippen molar-refractivity contribution in [3.8, 4) is 0 Å². The van der Waals surface area contributed by atoms with Crippen molar-refractivity contribution in [3.63, 3.8) is 0 Å². The zero-order valence-corrected chi connectivity index (χ0v) is 13.4. The van der Waals surface area contributed by atoms with E-state index in [1.165, 1.54) is 30.4 Å². The summed E-state index contributed by atoms with van der Waals surface area (Å²) in [4.78, 5) is 0. The van der Waals surface area contributed by atoms with Gasteiger partial charge in [0.25, 0.3) is 0 Å². The third kappa shape index (κ3) is 4.32. The predicted molar refractivity (Wildman–Crippen MR) is 85.1 cm³/mol. The molecule has 0 aromatic heterocycles. The zero-order chi connectivity index (χ0) is 14.6. The number of benzene rings is 1. The molecule has 20 heavy (non-hydrogen) atoms. The van der Waals surface area contributed by atoms with Gasteiger partial charge in [0.05, 0.1) is 11.7 Å². The quantitative estimate of drug-likeness (QED) is 0.854. The molecule has 1 aliphatic rings. The van der Waals surface area contributed by atoms with Crippen LogP contribution in [0.5, 0.6) is 0 Å². The second kappa shape index (κ2) is 6.73. The highest BCUT2D eigenvalue weighted by Crippen LogP contribution is 2.33. The molecule has 0 aliphatic carbocycles. The van der Waals surface area contributed by atoms with Gasteiger partial charge in [-0.1, -0.05) is 24.3 Å². The average molecular weight is 275 g/mol. The minimum Gasteiger partial charge on any atom is -0.372 e. The summed E-state index contributed by atoms with van der Waals surface area (Å²) in [6, 6.07) is 8.74. The molecule has 2 atom stereocenters. The first-order chi connectivity index (χ1) is 9.50. The summed E-state index contributed by atoms with van der Waals surface area (Å²) in [6.45, 7) is 7.69. The van der Waals surface area contributed by atoms with Crippen molar-refractivity contribution in [1.82, 2.24) is 5.32 Å². The number of rotatable bonds is 6. The van der Waals surface area contributed by atoms with Crippen molar-refractivity contribution in [3.05, 3.63) is 35.4 Å². The molecule has 1 aliphatic heterocycles.